The molecule has 1 aromatic carbocycles. The molecule has 0 atom stereocenters. The molecule has 3 N–H and O–H groups in total. The molecule has 0 fully saturated rings. The van der Waals surface area contributed by atoms with Crippen molar-refractivity contribution in [2.24, 2.45) is 5.73 Å². The number of H-pyrrole nitrogens is 1. The van der Waals surface area contributed by atoms with Gasteiger partial charge in [-0.2, -0.15) is 0 Å². The number of nitrogens with zero attached hydrogens (tertiary/aromatic N) is 3. The zero-order chi connectivity index (χ0) is 14.3. The van der Waals surface area contributed by atoms with Crippen LogP contribution in [0.2, 0.25) is 5.02 Å². The molecule has 0 aliphatic carbocycles. The Kier molecular flexibility index (Phi) is 2.76. The van der Waals surface area contributed by atoms with E-state index in [1.165, 1.54) is 4.52 Å². The number of fused-ring (bicyclic) bond motifs is 1. The first-order valence-electron chi connectivity index (χ1n) is 5.60. The van der Waals surface area contributed by atoms with Gasteiger partial charge in [0.25, 0.3) is 11.5 Å². The van der Waals surface area contributed by atoms with Crippen molar-refractivity contribution in [3.05, 3.63) is 51.5 Å². The van der Waals surface area contributed by atoms with Gasteiger partial charge >= 0.3 is 0 Å². The van der Waals surface area contributed by atoms with E-state index < -0.39 is 11.5 Å². The van der Waals surface area contributed by atoms with Crippen molar-refractivity contribution in [1.82, 2.24) is 19.8 Å². The van der Waals surface area contributed by atoms with E-state index >= 15 is 0 Å². The van der Waals surface area contributed by atoms with Crippen LogP contribution in [0.4, 0.5) is 0 Å². The van der Waals surface area contributed by atoms with Crippen LogP contribution in [0.1, 0.15) is 10.5 Å². The fraction of sp³-hybridized carbons (Fsp3) is 0. The summed E-state index contributed by atoms with van der Waals surface area (Å²) in [4.78, 5) is 25.9. The first-order chi connectivity index (χ1) is 9.56. The van der Waals surface area contributed by atoms with Gasteiger partial charge in [-0.15, -0.1) is 5.10 Å². The number of nitrogens with two attached hydrogens (primary N) is 1. The second-order valence-electron chi connectivity index (χ2n) is 4.10. The van der Waals surface area contributed by atoms with Gasteiger partial charge < -0.3 is 10.7 Å². The Morgan fingerprint density at radius 1 is 1.30 bits per heavy atom. The van der Waals surface area contributed by atoms with E-state index in [4.69, 9.17) is 17.3 Å². The molecule has 0 unspecified atom stereocenters. The zero-order valence-electron chi connectivity index (χ0n) is 10.0. The van der Waals surface area contributed by atoms with Crippen LogP contribution >= 0.6 is 11.6 Å². The zero-order valence-corrected chi connectivity index (χ0v) is 10.8. The van der Waals surface area contributed by atoms with E-state index in [1.54, 1.807) is 30.5 Å². The molecule has 0 aliphatic heterocycles. The Morgan fingerprint density at radius 2 is 2.00 bits per heavy atom. The Balaban J connectivity index is 2.23. The maximum Gasteiger partial charge on any atom is 0.276 e. The molecule has 1 amide bonds. The Labute approximate surface area is 117 Å². The van der Waals surface area contributed by atoms with Crippen LogP contribution in [0.5, 0.6) is 0 Å². The predicted octanol–water partition coefficient (Wildman–Crippen LogP) is 0.837. The number of carbonyl (C=O) groups is 1. The molecule has 0 saturated heterocycles. The number of aromatic amines is 1. The lowest BCUT2D eigenvalue weighted by Gasteiger charge is -2.02. The largest absolute Gasteiger partial charge is 0.364 e. The molecule has 20 heavy (non-hydrogen) atoms. The van der Waals surface area contributed by atoms with Gasteiger partial charge in [-0.1, -0.05) is 28.9 Å². The summed E-state index contributed by atoms with van der Waals surface area (Å²) in [5.41, 5.74) is 5.79. The van der Waals surface area contributed by atoms with E-state index in [1.807, 2.05) is 0 Å². The number of primary amides is 1. The smallest absolute Gasteiger partial charge is 0.276 e. The molecule has 3 rings (SSSR count). The van der Waals surface area contributed by atoms with E-state index in [2.05, 4.69) is 15.3 Å². The maximum absolute atomic E-state index is 12.0. The lowest BCUT2D eigenvalue weighted by molar-refractivity contribution is 0.0997. The van der Waals surface area contributed by atoms with Crippen molar-refractivity contribution >= 4 is 23.0 Å². The summed E-state index contributed by atoms with van der Waals surface area (Å²) in [6.07, 6.45) is 1.55. The molecule has 2 aromatic heterocycles. The Morgan fingerprint density at radius 3 is 2.65 bits per heavy atom. The lowest BCUT2D eigenvalue weighted by Crippen LogP contribution is -2.18. The predicted molar refractivity (Wildman–Crippen MR) is 72.6 cm³/mol. The molecular weight excluding hydrogens is 282 g/mol. The lowest BCUT2D eigenvalue weighted by atomic mass is 10.1. The number of hydrogen-bond donors (Lipinski definition) is 2. The third-order valence-electron chi connectivity index (χ3n) is 2.80. The maximum atomic E-state index is 12.0. The average molecular weight is 290 g/mol. The molecule has 0 saturated carbocycles. The normalized spacial score (nSPS) is 10.8. The highest BCUT2D eigenvalue weighted by molar-refractivity contribution is 6.30. The van der Waals surface area contributed by atoms with Crippen LogP contribution in [0.15, 0.2) is 35.3 Å². The monoisotopic (exact) mass is 289 g/mol. The average Bonchev–Trinajstić information content (AvgIpc) is 2.84. The Hall–Kier alpha value is -2.67. The summed E-state index contributed by atoms with van der Waals surface area (Å²) in [5, 5.41) is 7.92. The second kappa shape index (κ2) is 4.46. The summed E-state index contributed by atoms with van der Waals surface area (Å²) >= 11 is 5.81. The fourth-order valence-electron chi connectivity index (χ4n) is 1.87. The first kappa shape index (κ1) is 12.4. The number of aromatic nitrogens is 4. The standard InChI is InChI=1S/C12H8ClN5O2/c13-7-3-1-6(2-4-7)8-5-18-10(12(20)15-8)9(11(14)19)16-17-18/h1-5H,(H2,14,19)(H,15,20). The van der Waals surface area contributed by atoms with Crippen LogP contribution in [0.25, 0.3) is 16.8 Å². The van der Waals surface area contributed by atoms with Gasteiger partial charge in [-0.3, -0.25) is 9.59 Å². The van der Waals surface area contributed by atoms with Crippen molar-refractivity contribution in [2.45, 2.75) is 0 Å². The molecule has 0 radical (unpaired) electrons. The molecular formula is C12H8ClN5O2. The van der Waals surface area contributed by atoms with E-state index in [9.17, 15) is 9.59 Å². The van der Waals surface area contributed by atoms with E-state index in [0.29, 0.717) is 10.7 Å². The summed E-state index contributed by atoms with van der Waals surface area (Å²) in [6, 6.07) is 6.92. The number of nitrogens with one attached hydrogen (secondary N) is 1. The van der Waals surface area contributed by atoms with Crippen molar-refractivity contribution in [3.63, 3.8) is 0 Å². The summed E-state index contributed by atoms with van der Waals surface area (Å²) < 4.78 is 1.23. The van der Waals surface area contributed by atoms with Gasteiger partial charge in [0.2, 0.25) is 0 Å². The third-order valence-corrected chi connectivity index (χ3v) is 3.05. The number of halogens is 1. The molecule has 7 nitrogen and oxygen atoms in total. The second-order valence-corrected chi connectivity index (χ2v) is 4.54. The molecule has 8 heteroatoms. The van der Waals surface area contributed by atoms with Crippen LogP contribution in [-0.2, 0) is 0 Å². The van der Waals surface area contributed by atoms with Crippen molar-refractivity contribution in [3.8, 4) is 11.3 Å². The highest BCUT2D eigenvalue weighted by Gasteiger charge is 2.16. The van der Waals surface area contributed by atoms with Gasteiger partial charge in [-0.25, -0.2) is 4.52 Å². The topological polar surface area (TPSA) is 106 Å². The van der Waals surface area contributed by atoms with Crippen LogP contribution in [0.3, 0.4) is 0 Å². The van der Waals surface area contributed by atoms with Crippen molar-refractivity contribution in [2.75, 3.05) is 0 Å². The molecule has 0 aliphatic rings. The molecule has 2 heterocycles. The number of hydrogen-bond acceptors (Lipinski definition) is 4. The highest BCUT2D eigenvalue weighted by atomic mass is 35.5. The number of amides is 1. The summed E-state index contributed by atoms with van der Waals surface area (Å²) in [6.45, 7) is 0. The molecule has 0 spiro atoms. The van der Waals surface area contributed by atoms with Crippen molar-refractivity contribution in [1.29, 1.82) is 0 Å². The summed E-state index contributed by atoms with van der Waals surface area (Å²) in [5.74, 6) is -0.801. The SMILES string of the molecule is NC(=O)c1nnn2cc(-c3ccc(Cl)cc3)[nH]c(=O)c12. The van der Waals surface area contributed by atoms with Crippen molar-refractivity contribution < 1.29 is 4.79 Å². The summed E-state index contributed by atoms with van der Waals surface area (Å²) in [7, 11) is 0. The van der Waals surface area contributed by atoms with Gasteiger partial charge in [0.05, 0.1) is 11.9 Å². The molecule has 0 bridgehead atoms. The van der Waals surface area contributed by atoms with E-state index in [-0.39, 0.29) is 11.2 Å². The van der Waals surface area contributed by atoms with Crippen LogP contribution < -0.4 is 11.3 Å². The number of benzene rings is 1. The third kappa shape index (κ3) is 1.94. The van der Waals surface area contributed by atoms with Gasteiger partial charge in [0, 0.05) is 5.02 Å². The first-order valence-corrected chi connectivity index (χ1v) is 5.98. The minimum atomic E-state index is -0.801. The van der Waals surface area contributed by atoms with Crippen LogP contribution in [0, 0.1) is 0 Å². The number of rotatable bonds is 2. The van der Waals surface area contributed by atoms with Gasteiger partial charge in [-0.05, 0) is 17.7 Å². The minimum absolute atomic E-state index is 0.0233. The fourth-order valence-corrected chi connectivity index (χ4v) is 2.00. The molecule has 3 aromatic rings. The minimum Gasteiger partial charge on any atom is -0.364 e. The molecule has 100 valence electrons. The van der Waals surface area contributed by atoms with Gasteiger partial charge in [0.1, 0.15) is 0 Å². The Bertz CT molecular complexity index is 866. The number of carbonyl (C=O) groups excluding carboxylic acids is 1. The quantitative estimate of drug-likeness (QED) is 0.729. The van der Waals surface area contributed by atoms with E-state index in [0.717, 1.165) is 5.56 Å². The van der Waals surface area contributed by atoms with Gasteiger partial charge in [0.15, 0.2) is 11.2 Å². The van der Waals surface area contributed by atoms with Crippen LogP contribution in [-0.4, -0.2) is 25.7 Å². The highest BCUT2D eigenvalue weighted by Crippen LogP contribution is 2.18.